The Morgan fingerprint density at radius 3 is 2.70 bits per heavy atom. The van der Waals surface area contributed by atoms with Crippen molar-refractivity contribution in [1.82, 2.24) is 19.9 Å². The number of para-hydroxylation sites is 1. The standard InChI is InChI=1S/C16H16N4O2S/c1-9(2)12-7-14(21)20-16(18-12)23-8-13-17-11-6-4-3-5-10(11)15(22)19-13/h3-7,9H,8H2,1-2H3,(H,17,19,22)(H,18,20,21). The lowest BCUT2D eigenvalue weighted by Crippen LogP contribution is -2.12. The molecule has 0 atom stereocenters. The van der Waals surface area contributed by atoms with Gasteiger partial charge in [-0.25, -0.2) is 9.97 Å². The van der Waals surface area contributed by atoms with Gasteiger partial charge in [0, 0.05) is 6.07 Å². The number of nitrogens with one attached hydrogen (secondary N) is 2. The number of aromatic amines is 2. The van der Waals surface area contributed by atoms with Crippen molar-refractivity contribution >= 4 is 22.7 Å². The average molecular weight is 328 g/mol. The van der Waals surface area contributed by atoms with Crippen LogP contribution in [-0.2, 0) is 5.75 Å². The van der Waals surface area contributed by atoms with Gasteiger partial charge in [0.1, 0.15) is 5.82 Å². The van der Waals surface area contributed by atoms with Crippen LogP contribution in [-0.4, -0.2) is 19.9 Å². The Bertz CT molecular complexity index is 962. The second kappa shape index (κ2) is 6.37. The minimum atomic E-state index is -0.175. The molecule has 0 unspecified atom stereocenters. The van der Waals surface area contributed by atoms with Gasteiger partial charge in [0.05, 0.1) is 22.3 Å². The van der Waals surface area contributed by atoms with E-state index in [1.54, 1.807) is 18.2 Å². The second-order valence-corrected chi connectivity index (χ2v) is 6.41. The predicted octanol–water partition coefficient (Wildman–Crippen LogP) is 2.42. The summed E-state index contributed by atoms with van der Waals surface area (Å²) in [6, 6.07) is 8.70. The van der Waals surface area contributed by atoms with E-state index >= 15 is 0 Å². The first-order valence-corrected chi connectivity index (χ1v) is 8.23. The first kappa shape index (κ1) is 15.5. The highest BCUT2D eigenvalue weighted by atomic mass is 32.2. The number of nitrogens with zero attached hydrogens (tertiary/aromatic N) is 2. The molecule has 0 saturated carbocycles. The van der Waals surface area contributed by atoms with Crippen LogP contribution >= 0.6 is 11.8 Å². The third-order valence-electron chi connectivity index (χ3n) is 3.34. The van der Waals surface area contributed by atoms with Crippen molar-refractivity contribution < 1.29 is 0 Å². The molecule has 0 saturated heterocycles. The lowest BCUT2D eigenvalue weighted by molar-refractivity contribution is 0.769. The Labute approximate surface area is 136 Å². The molecule has 7 heteroatoms. The molecule has 2 heterocycles. The Morgan fingerprint density at radius 2 is 1.91 bits per heavy atom. The minimum Gasteiger partial charge on any atom is -0.309 e. The molecular weight excluding hydrogens is 312 g/mol. The van der Waals surface area contributed by atoms with Crippen LogP contribution < -0.4 is 11.1 Å². The third-order valence-corrected chi connectivity index (χ3v) is 4.22. The highest BCUT2D eigenvalue weighted by molar-refractivity contribution is 7.98. The number of hydrogen-bond acceptors (Lipinski definition) is 5. The number of H-pyrrole nitrogens is 2. The Hall–Kier alpha value is -2.41. The molecule has 3 rings (SSSR count). The highest BCUT2D eigenvalue weighted by Gasteiger charge is 2.08. The first-order chi connectivity index (χ1) is 11.0. The lowest BCUT2D eigenvalue weighted by Gasteiger charge is -2.06. The fourth-order valence-electron chi connectivity index (χ4n) is 2.16. The molecule has 23 heavy (non-hydrogen) atoms. The van der Waals surface area contributed by atoms with Crippen LogP contribution in [0.3, 0.4) is 0 Å². The summed E-state index contributed by atoms with van der Waals surface area (Å²) in [6.45, 7) is 3.97. The predicted molar refractivity (Wildman–Crippen MR) is 90.9 cm³/mol. The van der Waals surface area contributed by atoms with E-state index in [4.69, 9.17) is 0 Å². The molecule has 0 amide bonds. The smallest absolute Gasteiger partial charge is 0.258 e. The van der Waals surface area contributed by atoms with Gasteiger partial charge in [0.15, 0.2) is 5.16 Å². The molecule has 118 valence electrons. The molecule has 0 bridgehead atoms. The van der Waals surface area contributed by atoms with Gasteiger partial charge in [-0.15, -0.1) is 0 Å². The fraction of sp³-hybridized carbons (Fsp3) is 0.250. The summed E-state index contributed by atoms with van der Waals surface area (Å²) in [6.07, 6.45) is 0. The molecule has 2 N–H and O–H groups in total. The van der Waals surface area contributed by atoms with Gasteiger partial charge in [-0.1, -0.05) is 37.7 Å². The van der Waals surface area contributed by atoms with Gasteiger partial charge >= 0.3 is 0 Å². The molecule has 0 aliphatic carbocycles. The van der Waals surface area contributed by atoms with Crippen molar-refractivity contribution in [2.24, 2.45) is 0 Å². The molecule has 6 nitrogen and oxygen atoms in total. The lowest BCUT2D eigenvalue weighted by atomic mass is 10.1. The molecule has 0 spiro atoms. The zero-order valence-corrected chi connectivity index (χ0v) is 13.6. The minimum absolute atomic E-state index is 0.163. The summed E-state index contributed by atoms with van der Waals surface area (Å²) in [4.78, 5) is 38.0. The highest BCUT2D eigenvalue weighted by Crippen LogP contribution is 2.18. The molecule has 1 aromatic carbocycles. The summed E-state index contributed by atoms with van der Waals surface area (Å²) < 4.78 is 0. The van der Waals surface area contributed by atoms with E-state index in [0.717, 1.165) is 5.69 Å². The molecule has 2 aromatic heterocycles. The summed E-state index contributed by atoms with van der Waals surface area (Å²) in [5.41, 5.74) is 1.06. The normalized spacial score (nSPS) is 11.3. The topological polar surface area (TPSA) is 91.5 Å². The summed E-state index contributed by atoms with van der Waals surface area (Å²) in [5.74, 6) is 1.15. The van der Waals surface area contributed by atoms with Crippen molar-refractivity contribution in [2.75, 3.05) is 0 Å². The SMILES string of the molecule is CC(C)c1cc(=O)[nH]c(SCc2nc3ccccc3c(=O)[nH]2)n1. The number of fused-ring (bicyclic) bond motifs is 1. The van der Waals surface area contributed by atoms with Gasteiger partial charge in [-0.3, -0.25) is 9.59 Å². The maximum absolute atomic E-state index is 12.0. The van der Waals surface area contributed by atoms with Crippen molar-refractivity contribution in [3.05, 3.63) is 62.6 Å². The number of hydrogen-bond donors (Lipinski definition) is 2. The van der Waals surface area contributed by atoms with Gasteiger partial charge in [-0.05, 0) is 18.1 Å². The average Bonchev–Trinajstić information content (AvgIpc) is 2.52. The monoisotopic (exact) mass is 328 g/mol. The van der Waals surface area contributed by atoms with E-state index in [2.05, 4.69) is 19.9 Å². The van der Waals surface area contributed by atoms with Gasteiger partial charge < -0.3 is 9.97 Å². The number of benzene rings is 1. The largest absolute Gasteiger partial charge is 0.309 e. The number of thioether (sulfide) groups is 1. The molecule has 0 fully saturated rings. The van der Waals surface area contributed by atoms with Crippen LogP contribution in [0, 0.1) is 0 Å². The third kappa shape index (κ3) is 3.50. The van der Waals surface area contributed by atoms with E-state index in [1.165, 1.54) is 17.8 Å². The van der Waals surface area contributed by atoms with E-state index in [9.17, 15) is 9.59 Å². The maximum Gasteiger partial charge on any atom is 0.258 e. The molecule has 3 aromatic rings. The fourth-order valence-corrected chi connectivity index (χ4v) is 2.91. The van der Waals surface area contributed by atoms with Gasteiger partial charge in [0.25, 0.3) is 11.1 Å². The maximum atomic E-state index is 12.0. The van der Waals surface area contributed by atoms with Crippen LogP contribution in [0.1, 0.15) is 31.3 Å². The summed E-state index contributed by atoms with van der Waals surface area (Å²) in [7, 11) is 0. The molecule has 0 aliphatic heterocycles. The van der Waals surface area contributed by atoms with Crippen LogP contribution in [0.25, 0.3) is 10.9 Å². The van der Waals surface area contributed by atoms with Crippen molar-refractivity contribution in [1.29, 1.82) is 0 Å². The van der Waals surface area contributed by atoms with Crippen molar-refractivity contribution in [2.45, 2.75) is 30.7 Å². The van der Waals surface area contributed by atoms with E-state index in [-0.39, 0.29) is 17.0 Å². The van der Waals surface area contributed by atoms with E-state index < -0.39 is 0 Å². The van der Waals surface area contributed by atoms with Gasteiger partial charge in [0.2, 0.25) is 0 Å². The zero-order valence-electron chi connectivity index (χ0n) is 12.8. The van der Waals surface area contributed by atoms with E-state index in [1.807, 2.05) is 19.9 Å². The van der Waals surface area contributed by atoms with E-state index in [0.29, 0.717) is 27.6 Å². The number of rotatable bonds is 4. The molecule has 0 radical (unpaired) electrons. The Morgan fingerprint density at radius 1 is 1.13 bits per heavy atom. The first-order valence-electron chi connectivity index (χ1n) is 7.25. The van der Waals surface area contributed by atoms with Crippen LogP contribution in [0.4, 0.5) is 0 Å². The zero-order chi connectivity index (χ0) is 16.4. The summed E-state index contributed by atoms with van der Waals surface area (Å²) in [5, 5.41) is 1.09. The second-order valence-electron chi connectivity index (χ2n) is 5.45. The van der Waals surface area contributed by atoms with Crippen molar-refractivity contribution in [3.8, 4) is 0 Å². The number of aromatic nitrogens is 4. The van der Waals surface area contributed by atoms with Crippen LogP contribution in [0.5, 0.6) is 0 Å². The summed E-state index contributed by atoms with van der Waals surface area (Å²) >= 11 is 1.34. The van der Waals surface area contributed by atoms with Crippen molar-refractivity contribution in [3.63, 3.8) is 0 Å². The van der Waals surface area contributed by atoms with Gasteiger partial charge in [-0.2, -0.15) is 0 Å². The Kier molecular flexibility index (Phi) is 4.29. The molecule has 0 aliphatic rings. The quantitative estimate of drug-likeness (QED) is 0.567. The van der Waals surface area contributed by atoms with Crippen LogP contribution in [0.2, 0.25) is 0 Å². The molecular formula is C16H16N4O2S. The Balaban J connectivity index is 1.86. The van der Waals surface area contributed by atoms with Crippen LogP contribution in [0.15, 0.2) is 45.1 Å².